The predicted molar refractivity (Wildman–Crippen MR) is 318 cm³/mol. The monoisotopic (exact) mass is 1250 g/mol. The summed E-state index contributed by atoms with van der Waals surface area (Å²) in [6.07, 6.45) is 4.37. The Labute approximate surface area is 513 Å². The first kappa shape index (κ1) is 82.2. The van der Waals surface area contributed by atoms with E-state index in [1.807, 2.05) is 138 Å². The van der Waals surface area contributed by atoms with E-state index in [9.17, 15) is 74.0 Å². The van der Waals surface area contributed by atoms with Gasteiger partial charge >= 0.3 is 29.8 Å². The highest BCUT2D eigenvalue weighted by atomic mass is 16.5. The molecular weight excluding hydrogens is 1140 g/mol. The second-order valence-corrected chi connectivity index (χ2v) is 29.8. The molecular formula is C59H108N8O20. The van der Waals surface area contributed by atoms with E-state index in [-0.39, 0.29) is 55.1 Å². The Morgan fingerprint density at radius 1 is 0.264 bits per heavy atom. The van der Waals surface area contributed by atoms with E-state index >= 15 is 0 Å². The van der Waals surface area contributed by atoms with Gasteiger partial charge in [0.1, 0.15) is 28.9 Å². The molecule has 10 N–H and O–H groups in total. The van der Waals surface area contributed by atoms with Crippen LogP contribution in [0.15, 0.2) is 0 Å². The molecule has 5 fully saturated rings. The second-order valence-electron chi connectivity index (χ2n) is 29.8. The smallest absolute Gasteiger partial charge is 0.317 e. The number of carbonyl (C=O) groups excluding carboxylic acids is 5. The number of aliphatic carboxylic acids is 5. The minimum absolute atomic E-state index is 0.000836. The second kappa shape index (κ2) is 31.8. The van der Waals surface area contributed by atoms with Crippen molar-refractivity contribution in [2.45, 2.75) is 258 Å². The van der Waals surface area contributed by atoms with E-state index in [1.54, 1.807) is 0 Å². The Balaban J connectivity index is 0.00000106. The van der Waals surface area contributed by atoms with Crippen LogP contribution in [0.25, 0.3) is 0 Å². The van der Waals surface area contributed by atoms with Gasteiger partial charge in [0.15, 0.2) is 0 Å². The number of rotatable bonds is 16. The molecule has 0 radical (unpaired) electrons. The van der Waals surface area contributed by atoms with Crippen LogP contribution in [0, 0.1) is 0 Å². The van der Waals surface area contributed by atoms with Crippen LogP contribution in [0.3, 0.4) is 0 Å². The van der Waals surface area contributed by atoms with E-state index in [0.29, 0.717) is 64.2 Å². The predicted octanol–water partition coefficient (Wildman–Crippen LogP) is 5.30. The Morgan fingerprint density at radius 3 is 0.483 bits per heavy atom. The molecule has 5 aliphatic heterocycles. The Bertz CT molecular complexity index is 1980. The van der Waals surface area contributed by atoms with Gasteiger partial charge in [-0.25, -0.2) is 0 Å². The first-order valence-corrected chi connectivity index (χ1v) is 29.1. The van der Waals surface area contributed by atoms with Gasteiger partial charge in [-0.05, 0) is 138 Å². The molecule has 5 rings (SSSR count). The van der Waals surface area contributed by atoms with Crippen molar-refractivity contribution >= 4 is 58.8 Å². The van der Waals surface area contributed by atoms with Crippen molar-refractivity contribution < 1.29 is 99.5 Å². The first-order valence-electron chi connectivity index (χ1n) is 29.1. The third kappa shape index (κ3) is 27.9. The molecule has 28 nitrogen and oxygen atoms in total. The first-order chi connectivity index (χ1) is 38.8. The molecule has 0 aliphatic carbocycles. The van der Waals surface area contributed by atoms with Gasteiger partial charge in [0.05, 0.1) is 32.7 Å². The van der Waals surface area contributed by atoms with Crippen molar-refractivity contribution in [2.24, 2.45) is 0 Å². The topological polar surface area (TPSA) is 399 Å². The van der Waals surface area contributed by atoms with Gasteiger partial charge in [0, 0.05) is 146 Å². The maximum atomic E-state index is 11.3. The highest BCUT2D eigenvalue weighted by Gasteiger charge is 2.48. The molecule has 0 saturated carbocycles. The molecule has 0 amide bonds. The van der Waals surface area contributed by atoms with Crippen molar-refractivity contribution in [2.75, 3.05) is 58.9 Å². The van der Waals surface area contributed by atoms with Crippen LogP contribution in [-0.4, -0.2) is 265 Å². The largest absolute Gasteiger partial charge is 0.480 e. The molecule has 5 saturated heterocycles. The zero-order chi connectivity index (χ0) is 68.8. The fraction of sp³-hybridized carbons (Fsp3) is 0.831. The van der Waals surface area contributed by atoms with E-state index in [0.717, 1.165) is 9.80 Å². The third-order valence-electron chi connectivity index (χ3n) is 15.3. The zero-order valence-corrected chi connectivity index (χ0v) is 55.6. The summed E-state index contributed by atoms with van der Waals surface area (Å²) in [4.78, 5) is 114. The van der Waals surface area contributed by atoms with Crippen molar-refractivity contribution in [3.8, 4) is 0 Å². The summed E-state index contributed by atoms with van der Waals surface area (Å²) in [5, 5.41) is 99.5. The molecule has 87 heavy (non-hydrogen) atoms. The summed E-state index contributed by atoms with van der Waals surface area (Å²) in [5.41, 5.74) is -4.18. The van der Waals surface area contributed by atoms with Gasteiger partial charge in [0.25, 0.3) is 0 Å². The number of hydrogen-bond acceptors (Lipinski definition) is 23. The van der Waals surface area contributed by atoms with Gasteiger partial charge in [0.2, 0.25) is 0 Å². The number of ketones is 5. The molecule has 0 aromatic heterocycles. The quantitative estimate of drug-likeness (QED) is 0.0936. The Hall–Kier alpha value is -4.82. The highest BCUT2D eigenvalue weighted by molar-refractivity contribution is 5.83. The van der Waals surface area contributed by atoms with Crippen LogP contribution in [0.1, 0.15) is 203 Å². The van der Waals surface area contributed by atoms with Crippen molar-refractivity contribution in [1.82, 2.24) is 40.0 Å². The Morgan fingerprint density at radius 2 is 0.368 bits per heavy atom. The van der Waals surface area contributed by atoms with Gasteiger partial charge in [-0.2, -0.15) is 25.3 Å². The average Bonchev–Trinajstić information content (AvgIpc) is 1.43. The van der Waals surface area contributed by atoms with Gasteiger partial charge in [-0.3, -0.25) is 62.6 Å². The van der Waals surface area contributed by atoms with Crippen LogP contribution in [0.5, 0.6) is 0 Å². The summed E-state index contributed by atoms with van der Waals surface area (Å²) < 4.78 is 0. The van der Waals surface area contributed by atoms with E-state index in [1.165, 1.54) is 30.2 Å². The summed E-state index contributed by atoms with van der Waals surface area (Å²) >= 11 is 0. The van der Waals surface area contributed by atoms with Crippen LogP contribution in [0.4, 0.5) is 0 Å². The van der Waals surface area contributed by atoms with Crippen LogP contribution in [-0.2, 0) is 47.9 Å². The molecule has 0 spiro atoms. The van der Waals surface area contributed by atoms with E-state index in [2.05, 4.69) is 0 Å². The molecule has 504 valence electrons. The minimum atomic E-state index is -1.24. The normalized spacial score (nSPS) is 23.4. The lowest BCUT2D eigenvalue weighted by Gasteiger charge is -2.47. The molecule has 28 heteroatoms. The molecule has 0 unspecified atom stereocenters. The number of hydroxylamine groups is 10. The van der Waals surface area contributed by atoms with Crippen molar-refractivity contribution in [3.63, 3.8) is 0 Å². The number of piperidine rings is 5. The number of hydrogen-bond donors (Lipinski definition) is 10. The molecule has 0 aromatic carbocycles. The fourth-order valence-corrected chi connectivity index (χ4v) is 12.2. The Kier molecular flexibility index (Phi) is 30.0. The van der Waals surface area contributed by atoms with Gasteiger partial charge in [-0.15, -0.1) is 0 Å². The highest BCUT2D eigenvalue weighted by Crippen LogP contribution is 2.38. The summed E-state index contributed by atoms with van der Waals surface area (Å²) in [5.74, 6) is -5.00. The van der Waals surface area contributed by atoms with E-state index in [4.69, 9.17) is 25.5 Å². The van der Waals surface area contributed by atoms with E-state index < -0.39 is 118 Å². The van der Waals surface area contributed by atoms with Gasteiger partial charge < -0.3 is 51.6 Å². The maximum absolute atomic E-state index is 11.3. The number of carbonyl (C=O) groups is 10. The number of nitrogens with zero attached hydrogens (tertiary/aromatic N) is 8. The summed E-state index contributed by atoms with van der Waals surface area (Å²) in [6.45, 7) is 34.9. The number of Topliss-reactive ketones (excluding diaryl/α,β-unsaturated/α-hetero) is 5. The standard InChI is InChI=1S/C14H23N3O10.5C9H17NO2/c18-10(19)5-15(1-3-16(6-11(20)21)7-12(22)23)2-4-17(8-13(24)25)9-14(26)27;5*1-8(2)5-7(11)6-9(3,4)10(8)12/h1-9H2,(H,18,19)(H,20,21)(H,22,23)(H,24,25)(H,26,27);5*12H,5-6H2,1-4H3. The van der Waals surface area contributed by atoms with Crippen LogP contribution >= 0.6 is 0 Å². The van der Waals surface area contributed by atoms with Crippen LogP contribution in [0.2, 0.25) is 0 Å². The maximum Gasteiger partial charge on any atom is 0.317 e. The SMILES string of the molecule is CC1(C)CC(=O)CC(C)(C)N1O.CC1(C)CC(=O)CC(C)(C)N1O.CC1(C)CC(=O)CC(C)(C)N1O.CC1(C)CC(=O)CC(C)(C)N1O.CC1(C)CC(=O)CC(C)(C)N1O.O=C(O)CN(CCN(CC(=O)O)CC(=O)O)CCN(CC(=O)O)CC(=O)O. The summed E-state index contributed by atoms with van der Waals surface area (Å²) in [6, 6.07) is 0. The lowest BCUT2D eigenvalue weighted by Crippen LogP contribution is -2.59. The molecule has 0 atom stereocenters. The molecule has 0 aromatic rings. The number of carboxylic acid groups (broad SMARTS) is 5. The zero-order valence-electron chi connectivity index (χ0n) is 55.6. The van der Waals surface area contributed by atoms with Crippen LogP contribution < -0.4 is 0 Å². The minimum Gasteiger partial charge on any atom is -0.480 e. The van der Waals surface area contributed by atoms with Crippen molar-refractivity contribution in [1.29, 1.82) is 0 Å². The molecule has 0 bridgehead atoms. The lowest BCUT2D eigenvalue weighted by atomic mass is 9.81. The lowest BCUT2D eigenvalue weighted by molar-refractivity contribution is -0.237. The number of carboxylic acids is 5. The summed E-state index contributed by atoms with van der Waals surface area (Å²) in [7, 11) is 0. The third-order valence-corrected chi connectivity index (χ3v) is 15.3. The van der Waals surface area contributed by atoms with Gasteiger partial charge in [-0.1, -0.05) is 0 Å². The average molecular weight is 1250 g/mol. The molecule has 5 aliphatic rings. The van der Waals surface area contributed by atoms with Crippen molar-refractivity contribution in [3.05, 3.63) is 0 Å². The fourth-order valence-electron chi connectivity index (χ4n) is 12.2. The molecule has 5 heterocycles.